The highest BCUT2D eigenvalue weighted by Gasteiger charge is 2.17. The Balaban J connectivity index is 2.60. The standard InChI is InChI=1S/C7H8O4/c1-5(7(8)9-2)6-3-10-4-11-6/h3H,1,4H2,2H3. The van der Waals surface area contributed by atoms with Crippen molar-refractivity contribution in [2.45, 2.75) is 0 Å². The molecule has 0 aromatic heterocycles. The topological polar surface area (TPSA) is 44.8 Å². The van der Waals surface area contributed by atoms with Gasteiger partial charge in [-0.25, -0.2) is 4.79 Å². The van der Waals surface area contributed by atoms with E-state index in [2.05, 4.69) is 11.3 Å². The molecule has 0 bridgehead atoms. The van der Waals surface area contributed by atoms with E-state index in [0.717, 1.165) is 0 Å². The van der Waals surface area contributed by atoms with Gasteiger partial charge in [-0.15, -0.1) is 0 Å². The van der Waals surface area contributed by atoms with Gasteiger partial charge in [0.25, 0.3) is 0 Å². The van der Waals surface area contributed by atoms with Gasteiger partial charge in [0.2, 0.25) is 6.79 Å². The Morgan fingerprint density at radius 3 is 3.00 bits per heavy atom. The van der Waals surface area contributed by atoms with Crippen molar-refractivity contribution < 1.29 is 19.0 Å². The maximum Gasteiger partial charge on any atom is 0.341 e. The number of hydrogen-bond donors (Lipinski definition) is 0. The summed E-state index contributed by atoms with van der Waals surface area (Å²) in [6.07, 6.45) is 1.33. The molecule has 0 unspecified atom stereocenters. The molecule has 11 heavy (non-hydrogen) atoms. The molecule has 0 atom stereocenters. The lowest BCUT2D eigenvalue weighted by molar-refractivity contribution is -0.136. The Bertz CT molecular complexity index is 216. The molecule has 0 amide bonds. The highest BCUT2D eigenvalue weighted by molar-refractivity contribution is 5.91. The second-order valence-electron chi connectivity index (χ2n) is 1.88. The molecule has 4 heteroatoms. The van der Waals surface area contributed by atoms with E-state index in [1.54, 1.807) is 0 Å². The average Bonchev–Trinajstić information content (AvgIpc) is 2.53. The zero-order valence-corrected chi connectivity index (χ0v) is 6.12. The van der Waals surface area contributed by atoms with E-state index in [4.69, 9.17) is 9.47 Å². The first-order chi connectivity index (χ1) is 5.25. The van der Waals surface area contributed by atoms with Gasteiger partial charge in [0.15, 0.2) is 5.76 Å². The Hall–Kier alpha value is -1.45. The van der Waals surface area contributed by atoms with Crippen molar-refractivity contribution in [3.63, 3.8) is 0 Å². The summed E-state index contributed by atoms with van der Waals surface area (Å²) in [4.78, 5) is 10.8. The summed E-state index contributed by atoms with van der Waals surface area (Å²) in [7, 11) is 1.28. The van der Waals surface area contributed by atoms with Crippen molar-refractivity contribution in [1.29, 1.82) is 0 Å². The van der Waals surface area contributed by atoms with Crippen molar-refractivity contribution in [1.82, 2.24) is 0 Å². The zero-order valence-electron chi connectivity index (χ0n) is 6.12. The van der Waals surface area contributed by atoms with E-state index >= 15 is 0 Å². The second kappa shape index (κ2) is 3.09. The number of hydrogen-bond acceptors (Lipinski definition) is 4. The van der Waals surface area contributed by atoms with Crippen LogP contribution in [0.2, 0.25) is 0 Å². The number of ether oxygens (including phenoxy) is 3. The first kappa shape index (κ1) is 7.65. The van der Waals surface area contributed by atoms with Crippen LogP contribution in [0, 0.1) is 0 Å². The van der Waals surface area contributed by atoms with Crippen LogP contribution in [-0.2, 0) is 19.0 Å². The minimum Gasteiger partial charge on any atom is -0.465 e. The van der Waals surface area contributed by atoms with Crippen LogP contribution in [0.5, 0.6) is 0 Å². The van der Waals surface area contributed by atoms with Gasteiger partial charge in [0, 0.05) is 0 Å². The molecule has 0 fully saturated rings. The smallest absolute Gasteiger partial charge is 0.341 e. The molecule has 1 aliphatic heterocycles. The fourth-order valence-corrected chi connectivity index (χ4v) is 0.623. The normalized spacial score (nSPS) is 14.5. The monoisotopic (exact) mass is 156 g/mol. The second-order valence-corrected chi connectivity index (χ2v) is 1.88. The molecule has 0 aromatic carbocycles. The van der Waals surface area contributed by atoms with Crippen molar-refractivity contribution in [3.8, 4) is 0 Å². The summed E-state index contributed by atoms with van der Waals surface area (Å²) >= 11 is 0. The van der Waals surface area contributed by atoms with Gasteiger partial charge in [-0.05, 0) is 0 Å². The summed E-state index contributed by atoms with van der Waals surface area (Å²) < 4.78 is 14.0. The molecular formula is C7H8O4. The third-order valence-corrected chi connectivity index (χ3v) is 1.20. The molecule has 1 aliphatic rings. The fraction of sp³-hybridized carbons (Fsp3) is 0.286. The van der Waals surface area contributed by atoms with Crippen molar-refractivity contribution in [3.05, 3.63) is 24.2 Å². The van der Waals surface area contributed by atoms with Crippen LogP contribution in [0.1, 0.15) is 0 Å². The van der Waals surface area contributed by atoms with Gasteiger partial charge in [0.05, 0.1) is 12.7 Å². The molecule has 0 aliphatic carbocycles. The molecule has 1 rings (SSSR count). The van der Waals surface area contributed by atoms with Crippen LogP contribution >= 0.6 is 0 Å². The number of carbonyl (C=O) groups excluding carboxylic acids is 1. The number of esters is 1. The number of methoxy groups -OCH3 is 1. The molecule has 0 spiro atoms. The maximum absolute atomic E-state index is 10.8. The molecule has 60 valence electrons. The average molecular weight is 156 g/mol. The summed E-state index contributed by atoms with van der Waals surface area (Å²) in [5.41, 5.74) is 0.171. The summed E-state index contributed by atoms with van der Waals surface area (Å²) in [5, 5.41) is 0. The van der Waals surface area contributed by atoms with Crippen LogP contribution in [0.3, 0.4) is 0 Å². The van der Waals surface area contributed by atoms with Gasteiger partial charge >= 0.3 is 5.97 Å². The zero-order chi connectivity index (χ0) is 8.27. The Labute approximate surface area is 64.0 Å². The van der Waals surface area contributed by atoms with E-state index < -0.39 is 5.97 Å². The molecule has 0 saturated heterocycles. The summed E-state index contributed by atoms with van der Waals surface area (Å²) in [6, 6.07) is 0. The maximum atomic E-state index is 10.8. The van der Waals surface area contributed by atoms with Crippen LogP contribution in [0.4, 0.5) is 0 Å². The quantitative estimate of drug-likeness (QED) is 0.433. The largest absolute Gasteiger partial charge is 0.465 e. The van der Waals surface area contributed by atoms with Crippen molar-refractivity contribution in [2.24, 2.45) is 0 Å². The summed E-state index contributed by atoms with van der Waals surface area (Å²) in [6.45, 7) is 3.59. The van der Waals surface area contributed by atoms with Crippen LogP contribution in [0.15, 0.2) is 24.2 Å². The van der Waals surface area contributed by atoms with Gasteiger partial charge in [0.1, 0.15) is 6.26 Å². The van der Waals surface area contributed by atoms with E-state index in [-0.39, 0.29) is 12.4 Å². The molecule has 0 aromatic rings. The fourth-order valence-electron chi connectivity index (χ4n) is 0.623. The van der Waals surface area contributed by atoms with Crippen molar-refractivity contribution >= 4 is 5.97 Å². The first-order valence-corrected chi connectivity index (χ1v) is 2.98. The number of rotatable bonds is 2. The van der Waals surface area contributed by atoms with Crippen molar-refractivity contribution in [2.75, 3.05) is 13.9 Å². The minimum atomic E-state index is -0.512. The third kappa shape index (κ3) is 1.52. The van der Waals surface area contributed by atoms with Crippen LogP contribution < -0.4 is 0 Å². The lowest BCUT2D eigenvalue weighted by atomic mass is 10.3. The minimum absolute atomic E-state index is 0.130. The van der Waals surface area contributed by atoms with Gasteiger partial charge in [-0.3, -0.25) is 0 Å². The van der Waals surface area contributed by atoms with E-state index in [0.29, 0.717) is 5.76 Å². The Morgan fingerprint density at radius 2 is 2.55 bits per heavy atom. The van der Waals surface area contributed by atoms with Crippen LogP contribution in [0.25, 0.3) is 0 Å². The molecule has 0 N–H and O–H groups in total. The molecule has 0 saturated carbocycles. The lowest BCUT2D eigenvalue weighted by Crippen LogP contribution is -2.06. The predicted molar refractivity (Wildman–Crippen MR) is 36.3 cm³/mol. The number of carbonyl (C=O) groups is 1. The highest BCUT2D eigenvalue weighted by Crippen LogP contribution is 2.15. The molecular weight excluding hydrogens is 148 g/mol. The van der Waals surface area contributed by atoms with Gasteiger partial charge in [-0.2, -0.15) is 0 Å². The van der Waals surface area contributed by atoms with Gasteiger partial charge < -0.3 is 14.2 Å². The van der Waals surface area contributed by atoms with E-state index in [9.17, 15) is 4.79 Å². The highest BCUT2D eigenvalue weighted by atomic mass is 16.7. The molecule has 4 nitrogen and oxygen atoms in total. The van der Waals surface area contributed by atoms with Crippen LogP contribution in [-0.4, -0.2) is 19.9 Å². The predicted octanol–water partition coefficient (Wildman–Crippen LogP) is 0.561. The lowest BCUT2D eigenvalue weighted by Gasteiger charge is -2.01. The Kier molecular flexibility index (Phi) is 2.15. The SMILES string of the molecule is C=C(C(=O)OC)C1=COCO1. The molecule has 1 heterocycles. The van der Waals surface area contributed by atoms with E-state index in [1.807, 2.05) is 0 Å². The Morgan fingerprint density at radius 1 is 1.82 bits per heavy atom. The van der Waals surface area contributed by atoms with Gasteiger partial charge in [-0.1, -0.05) is 6.58 Å². The first-order valence-electron chi connectivity index (χ1n) is 2.98. The van der Waals surface area contributed by atoms with E-state index in [1.165, 1.54) is 13.4 Å². The molecule has 0 radical (unpaired) electrons. The summed E-state index contributed by atoms with van der Waals surface area (Å²) in [5.74, 6) is -0.182. The third-order valence-electron chi connectivity index (χ3n) is 1.20.